The van der Waals surface area contributed by atoms with Gasteiger partial charge >= 0.3 is 0 Å². The molecule has 44 heavy (non-hydrogen) atoms. The van der Waals surface area contributed by atoms with Gasteiger partial charge in [-0.15, -0.1) is 0 Å². The molecule has 0 saturated carbocycles. The Morgan fingerprint density at radius 3 is 1.61 bits per heavy atom. The molecule has 0 spiro atoms. The Hall–Kier alpha value is -4.94. The van der Waals surface area contributed by atoms with Gasteiger partial charge in [-0.05, 0) is 120 Å². The number of unbranched alkanes of at least 4 members (excludes halogenated alkanes) is 1. The van der Waals surface area contributed by atoms with Crippen LogP contribution >= 0.6 is 0 Å². The van der Waals surface area contributed by atoms with Gasteiger partial charge in [0.15, 0.2) is 0 Å². The maximum absolute atomic E-state index is 2.49. The number of fused-ring (bicyclic) bond motifs is 8. The average molecular weight is 563 g/mol. The summed E-state index contributed by atoms with van der Waals surface area (Å²) in [5, 5.41) is 5.47. The Balaban J connectivity index is 1.32. The molecular weight excluding hydrogens is 528 g/mol. The molecule has 7 aromatic carbocycles. The number of benzene rings is 7. The number of hydrogen-bond donors (Lipinski definition) is 0. The monoisotopic (exact) mass is 562 g/mol. The van der Waals surface area contributed by atoms with E-state index in [4.69, 9.17) is 0 Å². The van der Waals surface area contributed by atoms with Gasteiger partial charge < -0.3 is 0 Å². The van der Waals surface area contributed by atoms with Crippen molar-refractivity contribution >= 4 is 21.5 Å². The van der Waals surface area contributed by atoms with Crippen molar-refractivity contribution in [2.24, 2.45) is 0 Å². The van der Waals surface area contributed by atoms with Gasteiger partial charge in [-0.3, -0.25) is 0 Å². The fourth-order valence-corrected chi connectivity index (χ4v) is 8.09. The first-order valence-electron chi connectivity index (χ1n) is 16.2. The molecule has 0 bridgehead atoms. The highest BCUT2D eigenvalue weighted by Gasteiger charge is 2.24. The molecule has 0 atom stereocenters. The second kappa shape index (κ2) is 10.1. The largest absolute Gasteiger partial charge is 0.0654 e. The highest BCUT2D eigenvalue weighted by Crippen LogP contribution is 2.48. The number of aryl methyl sites for hydroxylation is 1. The van der Waals surface area contributed by atoms with E-state index in [0.29, 0.717) is 0 Å². The van der Waals surface area contributed by atoms with Crippen LogP contribution in [0.25, 0.3) is 66.1 Å². The summed E-state index contributed by atoms with van der Waals surface area (Å²) in [6.07, 6.45) is 5.49. The smallest absolute Gasteiger partial charge is 0.00132 e. The van der Waals surface area contributed by atoms with Crippen LogP contribution in [0.5, 0.6) is 0 Å². The topological polar surface area (TPSA) is 0 Å². The molecule has 0 fully saturated rings. The van der Waals surface area contributed by atoms with Crippen LogP contribution in [-0.2, 0) is 19.3 Å². The molecule has 0 aromatic heterocycles. The molecule has 0 amide bonds. The normalized spacial score (nSPS) is 12.8. The summed E-state index contributed by atoms with van der Waals surface area (Å²) in [5.41, 5.74) is 18.2. The Kier molecular flexibility index (Phi) is 5.85. The highest BCUT2D eigenvalue weighted by molar-refractivity contribution is 6.22. The lowest BCUT2D eigenvalue weighted by atomic mass is 9.82. The van der Waals surface area contributed by atoms with Crippen molar-refractivity contribution in [1.29, 1.82) is 0 Å². The van der Waals surface area contributed by atoms with E-state index in [2.05, 4.69) is 134 Å². The van der Waals surface area contributed by atoms with E-state index >= 15 is 0 Å². The van der Waals surface area contributed by atoms with E-state index in [0.717, 1.165) is 19.3 Å². The first-order valence-corrected chi connectivity index (χ1v) is 16.2. The van der Waals surface area contributed by atoms with Crippen LogP contribution in [-0.4, -0.2) is 0 Å². The molecule has 2 aliphatic carbocycles. The second-order valence-electron chi connectivity index (χ2n) is 12.7. The third-order valence-electron chi connectivity index (χ3n) is 10.1. The Bertz CT molecular complexity index is 2260. The van der Waals surface area contributed by atoms with Crippen molar-refractivity contribution in [2.45, 2.75) is 39.0 Å². The molecule has 0 heterocycles. The van der Waals surface area contributed by atoms with Crippen LogP contribution < -0.4 is 0 Å². The summed E-state index contributed by atoms with van der Waals surface area (Å²) in [7, 11) is 0. The summed E-state index contributed by atoms with van der Waals surface area (Å²) in [6.45, 7) is 2.30. The molecule has 9 rings (SSSR count). The summed E-state index contributed by atoms with van der Waals surface area (Å²) in [4.78, 5) is 0. The van der Waals surface area contributed by atoms with Gasteiger partial charge in [-0.2, -0.15) is 0 Å². The van der Waals surface area contributed by atoms with Gasteiger partial charge in [-0.1, -0.05) is 141 Å². The number of hydrogen-bond acceptors (Lipinski definition) is 0. The standard InChI is InChI=1S/C44H34/c1-2-3-11-28-14-10-19-41-42(31-20-22-37-33(26-31)24-29-12-4-6-15-35(29)37)39-17-8-9-18-40(39)44(43(28)41)32-21-23-38-34(27-32)25-30-13-5-7-16-36(30)38/h4-10,12-23,26-27H,2-3,11,24-25H2,1H3. The molecule has 0 heteroatoms. The highest BCUT2D eigenvalue weighted by atomic mass is 14.3. The van der Waals surface area contributed by atoms with E-state index in [9.17, 15) is 0 Å². The van der Waals surface area contributed by atoms with Gasteiger partial charge in [0, 0.05) is 0 Å². The Morgan fingerprint density at radius 1 is 0.455 bits per heavy atom. The van der Waals surface area contributed by atoms with Gasteiger partial charge in [0.1, 0.15) is 0 Å². The minimum absolute atomic E-state index is 1.01. The quantitative estimate of drug-likeness (QED) is 0.183. The van der Waals surface area contributed by atoms with Crippen LogP contribution in [0.3, 0.4) is 0 Å². The summed E-state index contributed by atoms with van der Waals surface area (Å²) in [5.74, 6) is 0. The van der Waals surface area contributed by atoms with E-state index in [1.807, 2.05) is 0 Å². The summed E-state index contributed by atoms with van der Waals surface area (Å²) in [6, 6.07) is 48.4. The van der Waals surface area contributed by atoms with Crippen LogP contribution in [0.2, 0.25) is 0 Å². The second-order valence-corrected chi connectivity index (χ2v) is 12.7. The molecule has 7 aromatic rings. The summed E-state index contributed by atoms with van der Waals surface area (Å²) >= 11 is 0. The van der Waals surface area contributed by atoms with Crippen LogP contribution in [0, 0.1) is 0 Å². The summed E-state index contributed by atoms with van der Waals surface area (Å²) < 4.78 is 0. The van der Waals surface area contributed by atoms with Crippen LogP contribution in [0.15, 0.2) is 127 Å². The lowest BCUT2D eigenvalue weighted by Gasteiger charge is -2.21. The average Bonchev–Trinajstić information content (AvgIpc) is 3.63. The third-order valence-corrected chi connectivity index (χ3v) is 10.1. The minimum Gasteiger partial charge on any atom is -0.0654 e. The third kappa shape index (κ3) is 3.84. The molecule has 0 radical (unpaired) electrons. The van der Waals surface area contributed by atoms with Gasteiger partial charge in [0.05, 0.1) is 0 Å². The zero-order chi connectivity index (χ0) is 29.2. The maximum atomic E-state index is 2.49. The van der Waals surface area contributed by atoms with E-state index in [-0.39, 0.29) is 0 Å². The van der Waals surface area contributed by atoms with Crippen molar-refractivity contribution in [1.82, 2.24) is 0 Å². The zero-order valence-corrected chi connectivity index (χ0v) is 25.2. The van der Waals surface area contributed by atoms with Crippen molar-refractivity contribution < 1.29 is 0 Å². The lowest BCUT2D eigenvalue weighted by molar-refractivity contribution is 0.799. The first-order chi connectivity index (χ1) is 21.8. The minimum atomic E-state index is 1.01. The Morgan fingerprint density at radius 2 is 0.977 bits per heavy atom. The van der Waals surface area contributed by atoms with E-state index in [1.165, 1.54) is 107 Å². The van der Waals surface area contributed by atoms with Gasteiger partial charge in [0.25, 0.3) is 0 Å². The maximum Gasteiger partial charge on any atom is -0.00132 e. The fraction of sp³-hybridized carbons (Fsp3) is 0.136. The van der Waals surface area contributed by atoms with E-state index < -0.39 is 0 Å². The zero-order valence-electron chi connectivity index (χ0n) is 25.2. The molecule has 2 aliphatic rings. The lowest BCUT2D eigenvalue weighted by Crippen LogP contribution is -1.96. The predicted molar refractivity (Wildman–Crippen MR) is 187 cm³/mol. The SMILES string of the molecule is CCCCc1cccc2c(-c3ccc4c(c3)Cc3ccccc3-4)c3ccccc3c(-c3ccc4c(c3)Cc3ccccc3-4)c12. The molecule has 210 valence electrons. The van der Waals surface area contributed by atoms with Gasteiger partial charge in [-0.25, -0.2) is 0 Å². The molecule has 0 N–H and O–H groups in total. The Labute approximate surface area is 259 Å². The van der Waals surface area contributed by atoms with Crippen molar-refractivity contribution in [3.63, 3.8) is 0 Å². The molecular formula is C44H34. The predicted octanol–water partition coefficient (Wildman–Crippen LogP) is 11.8. The van der Waals surface area contributed by atoms with Crippen molar-refractivity contribution in [3.8, 4) is 44.5 Å². The molecule has 0 nitrogen and oxygen atoms in total. The van der Waals surface area contributed by atoms with E-state index in [1.54, 1.807) is 0 Å². The number of rotatable bonds is 5. The van der Waals surface area contributed by atoms with Crippen molar-refractivity contribution in [2.75, 3.05) is 0 Å². The van der Waals surface area contributed by atoms with Gasteiger partial charge in [0.2, 0.25) is 0 Å². The van der Waals surface area contributed by atoms with Crippen LogP contribution in [0.1, 0.15) is 47.6 Å². The van der Waals surface area contributed by atoms with Crippen molar-refractivity contribution in [3.05, 3.63) is 155 Å². The molecule has 0 saturated heterocycles. The van der Waals surface area contributed by atoms with Crippen LogP contribution in [0.4, 0.5) is 0 Å². The molecule has 0 aliphatic heterocycles. The first kappa shape index (κ1) is 25.5. The fourth-order valence-electron chi connectivity index (χ4n) is 8.09. The molecule has 0 unspecified atom stereocenters.